The lowest BCUT2D eigenvalue weighted by Gasteiger charge is -1.99. The molecule has 1 heterocycles. The molecule has 1 aromatic heterocycles. The van der Waals surface area contributed by atoms with E-state index in [1.807, 2.05) is 11.7 Å². The summed E-state index contributed by atoms with van der Waals surface area (Å²) >= 11 is 1.67. The lowest BCUT2D eigenvalue weighted by atomic mass is 10.5. The number of nitrogens with one attached hydrogen (secondary N) is 1. The quantitative estimate of drug-likeness (QED) is 0.741. The Morgan fingerprint density at radius 2 is 2.50 bits per heavy atom. The van der Waals surface area contributed by atoms with Gasteiger partial charge in [0.25, 0.3) is 0 Å². The Hall–Kier alpha value is -0.160. The number of hydrogen-bond acceptors (Lipinski definition) is 4. The Balaban J connectivity index is 0.00000121. The third-order valence-corrected chi connectivity index (χ3v) is 2.05. The molecule has 0 aliphatic heterocycles. The molecule has 12 heavy (non-hydrogen) atoms. The van der Waals surface area contributed by atoms with Crippen LogP contribution in [0, 0.1) is 0 Å². The number of aromatic nitrogens is 1. The van der Waals surface area contributed by atoms with Crippen LogP contribution in [-0.4, -0.2) is 25.2 Å². The summed E-state index contributed by atoms with van der Waals surface area (Å²) in [5.74, 6) is 0. The van der Waals surface area contributed by atoms with Crippen LogP contribution < -0.4 is 5.32 Å². The van der Waals surface area contributed by atoms with E-state index in [0.29, 0.717) is 0 Å². The second-order valence-corrected chi connectivity index (χ2v) is 3.11. The Labute approximate surface area is 82.6 Å². The zero-order chi connectivity index (χ0) is 7.94. The minimum atomic E-state index is 0. The Morgan fingerprint density at radius 1 is 1.67 bits per heavy atom. The molecule has 0 atom stereocenters. The molecule has 0 amide bonds. The van der Waals surface area contributed by atoms with Crippen LogP contribution in [0.15, 0.2) is 11.7 Å². The number of halogens is 1. The molecule has 0 aliphatic carbocycles. The first kappa shape index (κ1) is 11.8. The van der Waals surface area contributed by atoms with E-state index >= 15 is 0 Å². The van der Waals surface area contributed by atoms with Gasteiger partial charge in [-0.05, 0) is 0 Å². The first-order chi connectivity index (χ1) is 5.43. The van der Waals surface area contributed by atoms with E-state index in [9.17, 15) is 0 Å². The van der Waals surface area contributed by atoms with Crippen molar-refractivity contribution in [1.29, 1.82) is 0 Å². The molecule has 1 N–H and O–H groups in total. The monoisotopic (exact) mass is 208 g/mol. The summed E-state index contributed by atoms with van der Waals surface area (Å²) in [6, 6.07) is 0. The van der Waals surface area contributed by atoms with E-state index < -0.39 is 0 Å². The summed E-state index contributed by atoms with van der Waals surface area (Å²) in [5.41, 5.74) is 1.84. The zero-order valence-corrected chi connectivity index (χ0v) is 8.58. The van der Waals surface area contributed by atoms with E-state index in [1.165, 1.54) is 4.88 Å². The van der Waals surface area contributed by atoms with Crippen molar-refractivity contribution in [2.24, 2.45) is 0 Å². The maximum atomic E-state index is 4.89. The van der Waals surface area contributed by atoms with Gasteiger partial charge in [0, 0.05) is 31.3 Å². The summed E-state index contributed by atoms with van der Waals surface area (Å²) in [6.45, 7) is 2.56. The molecule has 0 saturated heterocycles. The van der Waals surface area contributed by atoms with Gasteiger partial charge in [-0.2, -0.15) is 0 Å². The molecule has 0 spiro atoms. The molecule has 0 unspecified atom stereocenters. The number of rotatable bonds is 5. The highest BCUT2D eigenvalue weighted by Crippen LogP contribution is 2.03. The molecule has 0 aliphatic rings. The Bertz CT molecular complexity index is 182. The van der Waals surface area contributed by atoms with Crippen LogP contribution >= 0.6 is 23.7 Å². The predicted molar refractivity (Wildman–Crippen MR) is 52.9 cm³/mol. The molecule has 70 valence electrons. The SMILES string of the molecule is COCCNCc1cncs1.Cl. The largest absolute Gasteiger partial charge is 0.383 e. The fourth-order valence-corrected chi connectivity index (χ4v) is 1.28. The van der Waals surface area contributed by atoms with Crippen molar-refractivity contribution in [2.45, 2.75) is 6.54 Å². The van der Waals surface area contributed by atoms with Gasteiger partial charge in [-0.3, -0.25) is 4.98 Å². The van der Waals surface area contributed by atoms with Gasteiger partial charge in [0.05, 0.1) is 12.1 Å². The molecule has 1 rings (SSSR count). The van der Waals surface area contributed by atoms with Crippen LogP contribution in [0.4, 0.5) is 0 Å². The van der Waals surface area contributed by atoms with E-state index in [-0.39, 0.29) is 12.4 Å². The first-order valence-corrected chi connectivity index (χ1v) is 4.38. The van der Waals surface area contributed by atoms with Crippen LogP contribution in [-0.2, 0) is 11.3 Å². The van der Waals surface area contributed by atoms with Gasteiger partial charge in [-0.25, -0.2) is 0 Å². The average molecular weight is 209 g/mol. The summed E-state index contributed by atoms with van der Waals surface area (Å²) in [7, 11) is 1.70. The summed E-state index contributed by atoms with van der Waals surface area (Å²) < 4.78 is 4.89. The van der Waals surface area contributed by atoms with Crippen LogP contribution in [0.25, 0.3) is 0 Å². The van der Waals surface area contributed by atoms with E-state index in [1.54, 1.807) is 18.4 Å². The molecule has 0 aromatic carbocycles. The van der Waals surface area contributed by atoms with Crippen LogP contribution in [0.3, 0.4) is 0 Å². The van der Waals surface area contributed by atoms with E-state index in [4.69, 9.17) is 4.74 Å². The second kappa shape index (κ2) is 7.49. The zero-order valence-electron chi connectivity index (χ0n) is 6.95. The van der Waals surface area contributed by atoms with E-state index in [2.05, 4.69) is 10.3 Å². The third-order valence-electron chi connectivity index (χ3n) is 1.27. The highest BCUT2D eigenvalue weighted by atomic mass is 35.5. The van der Waals surface area contributed by atoms with Crippen molar-refractivity contribution in [3.05, 3.63) is 16.6 Å². The molecule has 0 saturated carbocycles. The van der Waals surface area contributed by atoms with Crippen molar-refractivity contribution in [2.75, 3.05) is 20.3 Å². The minimum Gasteiger partial charge on any atom is -0.383 e. The molecule has 0 bridgehead atoms. The first-order valence-electron chi connectivity index (χ1n) is 3.50. The summed E-state index contributed by atoms with van der Waals surface area (Å²) in [4.78, 5) is 5.23. The van der Waals surface area contributed by atoms with Gasteiger partial charge >= 0.3 is 0 Å². The second-order valence-electron chi connectivity index (χ2n) is 2.14. The maximum absolute atomic E-state index is 4.89. The number of nitrogens with zero attached hydrogens (tertiary/aromatic N) is 1. The highest BCUT2D eigenvalue weighted by Gasteiger charge is 1.91. The minimum absolute atomic E-state index is 0. The predicted octanol–water partition coefficient (Wildman–Crippen LogP) is 1.30. The van der Waals surface area contributed by atoms with Crippen molar-refractivity contribution in [1.82, 2.24) is 10.3 Å². The smallest absolute Gasteiger partial charge is 0.0794 e. The standard InChI is InChI=1S/C7H12N2OS.ClH/c1-10-3-2-8-4-7-5-9-6-11-7;/h5-6,8H,2-4H2,1H3;1H. The van der Waals surface area contributed by atoms with Crippen LogP contribution in [0.5, 0.6) is 0 Å². The van der Waals surface area contributed by atoms with Gasteiger partial charge in [-0.1, -0.05) is 0 Å². The number of hydrogen-bond donors (Lipinski definition) is 1. The Morgan fingerprint density at radius 3 is 3.08 bits per heavy atom. The van der Waals surface area contributed by atoms with Gasteiger partial charge in [0.15, 0.2) is 0 Å². The maximum Gasteiger partial charge on any atom is 0.0794 e. The molecular weight excluding hydrogens is 196 g/mol. The molecule has 3 nitrogen and oxygen atoms in total. The van der Waals surface area contributed by atoms with E-state index in [0.717, 1.165) is 19.7 Å². The Kier molecular flexibility index (Phi) is 7.39. The number of thiazole rings is 1. The van der Waals surface area contributed by atoms with Gasteiger partial charge < -0.3 is 10.1 Å². The molecule has 1 aromatic rings. The fraction of sp³-hybridized carbons (Fsp3) is 0.571. The lowest BCUT2D eigenvalue weighted by Crippen LogP contribution is -2.17. The van der Waals surface area contributed by atoms with Gasteiger partial charge in [-0.15, -0.1) is 23.7 Å². The number of ether oxygens (including phenoxy) is 1. The topological polar surface area (TPSA) is 34.1 Å². The highest BCUT2D eigenvalue weighted by molar-refractivity contribution is 7.09. The van der Waals surface area contributed by atoms with Crippen molar-refractivity contribution < 1.29 is 4.74 Å². The van der Waals surface area contributed by atoms with Crippen molar-refractivity contribution >= 4 is 23.7 Å². The van der Waals surface area contributed by atoms with Crippen LogP contribution in [0.1, 0.15) is 4.88 Å². The average Bonchev–Trinajstić information content (AvgIpc) is 2.50. The lowest BCUT2D eigenvalue weighted by molar-refractivity contribution is 0.199. The fourth-order valence-electron chi connectivity index (χ4n) is 0.715. The molecular formula is C7H13ClN2OS. The molecule has 0 radical (unpaired) electrons. The molecule has 5 heteroatoms. The van der Waals surface area contributed by atoms with Crippen molar-refractivity contribution in [3.8, 4) is 0 Å². The van der Waals surface area contributed by atoms with Crippen molar-refractivity contribution in [3.63, 3.8) is 0 Å². The van der Waals surface area contributed by atoms with Gasteiger partial charge in [0.1, 0.15) is 0 Å². The van der Waals surface area contributed by atoms with Crippen LogP contribution in [0.2, 0.25) is 0 Å². The molecule has 0 fully saturated rings. The number of methoxy groups -OCH3 is 1. The third kappa shape index (κ3) is 4.66. The normalized spacial score (nSPS) is 9.42. The summed E-state index contributed by atoms with van der Waals surface area (Å²) in [6.07, 6.45) is 1.88. The summed E-state index contributed by atoms with van der Waals surface area (Å²) in [5, 5.41) is 3.23. The van der Waals surface area contributed by atoms with Gasteiger partial charge in [0.2, 0.25) is 0 Å².